The molecule has 2 unspecified atom stereocenters. The zero-order valence-electron chi connectivity index (χ0n) is 11.5. The van der Waals surface area contributed by atoms with Crippen LogP contribution in [0.5, 0.6) is 0 Å². The lowest BCUT2D eigenvalue weighted by Gasteiger charge is -2.34. The van der Waals surface area contributed by atoms with Gasteiger partial charge < -0.3 is 5.32 Å². The van der Waals surface area contributed by atoms with Crippen LogP contribution in [0, 0.1) is 0 Å². The number of nitrogens with one attached hydrogen (secondary N) is 1. The molecular formula is C18H21N. The zero-order chi connectivity index (χ0) is 13.1. The first kappa shape index (κ1) is 12.4. The molecule has 1 N–H and O–H groups in total. The van der Waals surface area contributed by atoms with Gasteiger partial charge in [-0.2, -0.15) is 0 Å². The number of hydrogen-bond acceptors (Lipinski definition) is 1. The molecule has 0 radical (unpaired) electrons. The van der Waals surface area contributed by atoms with Crippen LogP contribution in [-0.2, 0) is 13.0 Å². The molecule has 0 fully saturated rings. The molecule has 1 heterocycles. The van der Waals surface area contributed by atoms with Crippen molar-refractivity contribution in [2.45, 2.75) is 38.3 Å². The van der Waals surface area contributed by atoms with Crippen molar-refractivity contribution in [2.24, 2.45) is 0 Å². The van der Waals surface area contributed by atoms with Crippen molar-refractivity contribution in [3.8, 4) is 0 Å². The quantitative estimate of drug-likeness (QED) is 0.872. The van der Waals surface area contributed by atoms with Crippen molar-refractivity contribution in [3.05, 3.63) is 71.3 Å². The summed E-state index contributed by atoms with van der Waals surface area (Å²) in [6, 6.07) is 20.2. The Kier molecular flexibility index (Phi) is 3.65. The Balaban J connectivity index is 1.84. The topological polar surface area (TPSA) is 12.0 Å². The fourth-order valence-electron chi connectivity index (χ4n) is 3.24. The summed E-state index contributed by atoms with van der Waals surface area (Å²) >= 11 is 0. The number of fused-ring (bicyclic) bond motifs is 1. The maximum atomic E-state index is 3.72. The summed E-state index contributed by atoms with van der Waals surface area (Å²) in [5.74, 6) is 0.630. The molecule has 2 atom stereocenters. The minimum atomic E-state index is 0.558. The summed E-state index contributed by atoms with van der Waals surface area (Å²) in [7, 11) is 0. The van der Waals surface area contributed by atoms with E-state index in [1.165, 1.54) is 17.5 Å². The van der Waals surface area contributed by atoms with Gasteiger partial charge in [-0.3, -0.25) is 0 Å². The maximum Gasteiger partial charge on any atom is 0.0211 e. The summed E-state index contributed by atoms with van der Waals surface area (Å²) in [4.78, 5) is 0. The van der Waals surface area contributed by atoms with Crippen LogP contribution in [0.2, 0.25) is 0 Å². The number of hydrogen-bond donors (Lipinski definition) is 1. The average molecular weight is 251 g/mol. The molecule has 1 aliphatic rings. The summed E-state index contributed by atoms with van der Waals surface area (Å²) in [5.41, 5.74) is 4.45. The van der Waals surface area contributed by atoms with Crippen LogP contribution < -0.4 is 5.32 Å². The van der Waals surface area contributed by atoms with Gasteiger partial charge in [-0.1, -0.05) is 61.5 Å². The lowest BCUT2D eigenvalue weighted by atomic mass is 9.80. The molecule has 0 bridgehead atoms. The second-order valence-corrected chi connectivity index (χ2v) is 5.39. The molecule has 98 valence electrons. The Morgan fingerprint density at radius 2 is 1.74 bits per heavy atom. The summed E-state index contributed by atoms with van der Waals surface area (Å²) in [6.45, 7) is 3.30. The normalized spacial score (nSPS) is 21.9. The maximum absolute atomic E-state index is 3.72. The van der Waals surface area contributed by atoms with Crippen molar-refractivity contribution in [2.75, 3.05) is 0 Å². The molecule has 0 amide bonds. The van der Waals surface area contributed by atoms with Crippen molar-refractivity contribution >= 4 is 0 Å². The van der Waals surface area contributed by atoms with Gasteiger partial charge in [-0.25, -0.2) is 0 Å². The molecule has 0 aliphatic carbocycles. The summed E-state index contributed by atoms with van der Waals surface area (Å²) in [6.07, 6.45) is 2.31. The van der Waals surface area contributed by atoms with Crippen molar-refractivity contribution < 1.29 is 0 Å². The standard InChI is InChI=1S/C18H21N/c1-2-16-17-11-7-6-10-15(17)13-19-18(16)12-14-8-4-3-5-9-14/h3-11,16,18-19H,2,12-13H2,1H3. The highest BCUT2D eigenvalue weighted by Gasteiger charge is 2.27. The van der Waals surface area contributed by atoms with Gasteiger partial charge in [0.25, 0.3) is 0 Å². The van der Waals surface area contributed by atoms with Crippen LogP contribution in [0.1, 0.15) is 36.0 Å². The minimum absolute atomic E-state index is 0.558. The predicted molar refractivity (Wildman–Crippen MR) is 80.2 cm³/mol. The largest absolute Gasteiger partial charge is 0.309 e. The predicted octanol–water partition coefficient (Wildman–Crippen LogP) is 3.89. The minimum Gasteiger partial charge on any atom is -0.309 e. The van der Waals surface area contributed by atoms with Gasteiger partial charge in [0.05, 0.1) is 0 Å². The molecule has 1 nitrogen and oxygen atoms in total. The van der Waals surface area contributed by atoms with Crippen LogP contribution >= 0.6 is 0 Å². The molecule has 2 aromatic carbocycles. The highest BCUT2D eigenvalue weighted by Crippen LogP contribution is 2.32. The van der Waals surface area contributed by atoms with E-state index < -0.39 is 0 Å². The fourth-order valence-corrected chi connectivity index (χ4v) is 3.24. The molecule has 0 saturated heterocycles. The van der Waals surface area contributed by atoms with Gasteiger partial charge in [0.15, 0.2) is 0 Å². The third kappa shape index (κ3) is 2.57. The third-order valence-corrected chi connectivity index (χ3v) is 4.23. The van der Waals surface area contributed by atoms with E-state index in [2.05, 4.69) is 66.8 Å². The van der Waals surface area contributed by atoms with E-state index in [1.807, 2.05) is 0 Å². The van der Waals surface area contributed by atoms with Gasteiger partial charge in [-0.15, -0.1) is 0 Å². The lowest BCUT2D eigenvalue weighted by molar-refractivity contribution is 0.391. The van der Waals surface area contributed by atoms with E-state index >= 15 is 0 Å². The van der Waals surface area contributed by atoms with Crippen molar-refractivity contribution in [1.29, 1.82) is 0 Å². The molecule has 19 heavy (non-hydrogen) atoms. The Bertz CT molecular complexity index is 532. The van der Waals surface area contributed by atoms with Gasteiger partial charge >= 0.3 is 0 Å². The molecule has 1 heteroatoms. The number of benzene rings is 2. The van der Waals surface area contributed by atoms with E-state index in [0.29, 0.717) is 12.0 Å². The molecule has 3 rings (SSSR count). The molecule has 2 aromatic rings. The summed E-state index contributed by atoms with van der Waals surface area (Å²) < 4.78 is 0. The van der Waals surface area contributed by atoms with E-state index in [1.54, 1.807) is 5.56 Å². The van der Waals surface area contributed by atoms with E-state index in [9.17, 15) is 0 Å². The SMILES string of the molecule is CCC1c2ccccc2CNC1Cc1ccccc1. The molecular weight excluding hydrogens is 230 g/mol. The van der Waals surface area contributed by atoms with Crippen LogP contribution in [0.4, 0.5) is 0 Å². The Hall–Kier alpha value is -1.60. The smallest absolute Gasteiger partial charge is 0.0211 e. The zero-order valence-corrected chi connectivity index (χ0v) is 11.5. The fraction of sp³-hybridized carbons (Fsp3) is 0.333. The highest BCUT2D eigenvalue weighted by atomic mass is 14.9. The highest BCUT2D eigenvalue weighted by molar-refractivity contribution is 5.34. The average Bonchev–Trinajstić information content (AvgIpc) is 2.48. The Labute approximate surface area is 115 Å². The van der Waals surface area contributed by atoms with E-state index in [4.69, 9.17) is 0 Å². The van der Waals surface area contributed by atoms with E-state index in [0.717, 1.165) is 13.0 Å². The first-order valence-corrected chi connectivity index (χ1v) is 7.23. The van der Waals surface area contributed by atoms with Gasteiger partial charge in [0.2, 0.25) is 0 Å². The van der Waals surface area contributed by atoms with Gasteiger partial charge in [0.1, 0.15) is 0 Å². The van der Waals surface area contributed by atoms with Crippen molar-refractivity contribution in [3.63, 3.8) is 0 Å². The first-order chi connectivity index (χ1) is 9.38. The van der Waals surface area contributed by atoms with Crippen LogP contribution in [0.3, 0.4) is 0 Å². The molecule has 0 saturated carbocycles. The Morgan fingerprint density at radius 3 is 2.53 bits per heavy atom. The summed E-state index contributed by atoms with van der Waals surface area (Å²) in [5, 5.41) is 3.72. The monoisotopic (exact) mass is 251 g/mol. The van der Waals surface area contributed by atoms with Gasteiger partial charge in [-0.05, 0) is 35.4 Å². The first-order valence-electron chi connectivity index (χ1n) is 7.23. The molecule has 0 spiro atoms. The molecule has 1 aliphatic heterocycles. The second-order valence-electron chi connectivity index (χ2n) is 5.39. The molecule has 0 aromatic heterocycles. The van der Waals surface area contributed by atoms with Crippen molar-refractivity contribution in [1.82, 2.24) is 5.32 Å². The lowest BCUT2D eigenvalue weighted by Crippen LogP contribution is -2.40. The van der Waals surface area contributed by atoms with Crippen LogP contribution in [0.15, 0.2) is 54.6 Å². The third-order valence-electron chi connectivity index (χ3n) is 4.23. The Morgan fingerprint density at radius 1 is 1.00 bits per heavy atom. The van der Waals surface area contributed by atoms with Gasteiger partial charge in [0, 0.05) is 12.6 Å². The van der Waals surface area contributed by atoms with Crippen LogP contribution in [0.25, 0.3) is 0 Å². The number of rotatable bonds is 3. The van der Waals surface area contributed by atoms with E-state index in [-0.39, 0.29) is 0 Å². The second kappa shape index (κ2) is 5.58. The van der Waals surface area contributed by atoms with Crippen LogP contribution in [-0.4, -0.2) is 6.04 Å².